The maximum Gasteiger partial charge on any atom is 0.322 e. The van der Waals surface area contributed by atoms with E-state index in [-0.39, 0.29) is 4.90 Å². The summed E-state index contributed by atoms with van der Waals surface area (Å²) in [6, 6.07) is 5.21. The SMILES string of the molecule is CNC(=O)C(=O)NS(=O)(=O)c1ccc(N)cc1. The molecule has 0 aromatic heterocycles. The van der Waals surface area contributed by atoms with Crippen molar-refractivity contribution in [1.29, 1.82) is 0 Å². The molecule has 2 amide bonds. The Morgan fingerprint density at radius 2 is 1.65 bits per heavy atom. The van der Waals surface area contributed by atoms with Gasteiger partial charge >= 0.3 is 11.8 Å². The lowest BCUT2D eigenvalue weighted by Crippen LogP contribution is -2.41. The lowest BCUT2D eigenvalue weighted by atomic mass is 10.3. The molecule has 0 aliphatic rings. The van der Waals surface area contributed by atoms with Gasteiger partial charge in [-0.3, -0.25) is 9.59 Å². The molecule has 0 spiro atoms. The summed E-state index contributed by atoms with van der Waals surface area (Å²) < 4.78 is 24.9. The van der Waals surface area contributed by atoms with Crippen molar-refractivity contribution in [2.75, 3.05) is 12.8 Å². The quantitative estimate of drug-likeness (QED) is 0.455. The second kappa shape index (κ2) is 4.83. The number of likely N-dealkylation sites (N-methyl/N-ethyl adjacent to an activating group) is 1. The summed E-state index contributed by atoms with van der Waals surface area (Å²) >= 11 is 0. The number of hydrogen-bond donors (Lipinski definition) is 3. The number of nitrogen functional groups attached to an aromatic ring is 1. The first kappa shape index (κ1) is 13.0. The van der Waals surface area contributed by atoms with Gasteiger partial charge in [0.2, 0.25) is 0 Å². The van der Waals surface area contributed by atoms with E-state index < -0.39 is 21.8 Å². The van der Waals surface area contributed by atoms with Gasteiger partial charge in [0, 0.05) is 12.7 Å². The van der Waals surface area contributed by atoms with Crippen LogP contribution in [0.2, 0.25) is 0 Å². The van der Waals surface area contributed by atoms with Gasteiger partial charge in [-0.05, 0) is 24.3 Å². The van der Waals surface area contributed by atoms with E-state index in [4.69, 9.17) is 5.73 Å². The Hall–Kier alpha value is -2.09. The van der Waals surface area contributed by atoms with Crippen LogP contribution >= 0.6 is 0 Å². The predicted octanol–water partition coefficient (Wildman–Crippen LogP) is -1.18. The summed E-state index contributed by atoms with van der Waals surface area (Å²) in [7, 11) is -2.83. The highest BCUT2D eigenvalue weighted by atomic mass is 32.2. The number of carbonyl (C=O) groups is 2. The summed E-state index contributed by atoms with van der Waals surface area (Å²) in [5.41, 5.74) is 5.79. The fourth-order valence-corrected chi connectivity index (χ4v) is 1.94. The Bertz CT molecular complexity index is 536. The Kier molecular flexibility index (Phi) is 3.69. The molecule has 0 fully saturated rings. The zero-order chi connectivity index (χ0) is 13.1. The number of carbonyl (C=O) groups excluding carboxylic acids is 2. The average Bonchev–Trinajstić information content (AvgIpc) is 2.27. The third-order valence-corrected chi connectivity index (χ3v) is 3.20. The Morgan fingerprint density at radius 3 is 2.12 bits per heavy atom. The van der Waals surface area contributed by atoms with Gasteiger partial charge in [-0.2, -0.15) is 0 Å². The molecule has 0 atom stereocenters. The van der Waals surface area contributed by atoms with Crippen molar-refractivity contribution in [1.82, 2.24) is 10.0 Å². The van der Waals surface area contributed by atoms with E-state index >= 15 is 0 Å². The first-order valence-electron chi connectivity index (χ1n) is 4.51. The molecule has 0 aliphatic heterocycles. The largest absolute Gasteiger partial charge is 0.399 e. The maximum absolute atomic E-state index is 11.6. The second-order valence-electron chi connectivity index (χ2n) is 3.08. The summed E-state index contributed by atoms with van der Waals surface area (Å²) in [6.07, 6.45) is 0. The van der Waals surface area contributed by atoms with Crippen molar-refractivity contribution in [2.24, 2.45) is 0 Å². The first-order valence-corrected chi connectivity index (χ1v) is 5.99. The molecule has 0 unspecified atom stereocenters. The van der Waals surface area contributed by atoms with E-state index in [0.29, 0.717) is 5.69 Å². The van der Waals surface area contributed by atoms with E-state index in [9.17, 15) is 18.0 Å². The molecule has 1 aromatic carbocycles. The van der Waals surface area contributed by atoms with E-state index in [1.165, 1.54) is 31.3 Å². The van der Waals surface area contributed by atoms with Gasteiger partial charge in [0.05, 0.1) is 4.90 Å². The van der Waals surface area contributed by atoms with Crippen molar-refractivity contribution in [2.45, 2.75) is 4.90 Å². The summed E-state index contributed by atoms with van der Waals surface area (Å²) in [4.78, 5) is 21.8. The highest BCUT2D eigenvalue weighted by Gasteiger charge is 2.21. The van der Waals surface area contributed by atoms with E-state index in [1.807, 2.05) is 5.32 Å². The third-order valence-electron chi connectivity index (χ3n) is 1.85. The average molecular weight is 257 g/mol. The molecule has 0 saturated heterocycles. The summed E-state index contributed by atoms with van der Waals surface area (Å²) in [5, 5.41) is 2.01. The first-order chi connectivity index (χ1) is 7.86. The fourth-order valence-electron chi connectivity index (χ4n) is 0.988. The normalized spacial score (nSPS) is 10.6. The van der Waals surface area contributed by atoms with E-state index in [2.05, 4.69) is 0 Å². The number of sulfonamides is 1. The van der Waals surface area contributed by atoms with Crippen LogP contribution in [-0.2, 0) is 19.6 Å². The smallest absolute Gasteiger partial charge is 0.322 e. The van der Waals surface area contributed by atoms with Crippen LogP contribution in [0.5, 0.6) is 0 Å². The van der Waals surface area contributed by atoms with Crippen LogP contribution in [-0.4, -0.2) is 27.3 Å². The monoisotopic (exact) mass is 257 g/mol. The molecule has 0 bridgehead atoms. The molecule has 0 heterocycles. The third kappa shape index (κ3) is 3.18. The highest BCUT2D eigenvalue weighted by Crippen LogP contribution is 2.10. The zero-order valence-electron chi connectivity index (χ0n) is 8.93. The van der Waals surface area contributed by atoms with Gasteiger partial charge in [-0.15, -0.1) is 0 Å². The number of benzene rings is 1. The van der Waals surface area contributed by atoms with Crippen LogP contribution in [0.3, 0.4) is 0 Å². The number of rotatable bonds is 2. The van der Waals surface area contributed by atoms with Crippen molar-refractivity contribution in [3.8, 4) is 0 Å². The van der Waals surface area contributed by atoms with E-state index in [0.717, 1.165) is 0 Å². The van der Waals surface area contributed by atoms with Crippen molar-refractivity contribution in [3.63, 3.8) is 0 Å². The Labute approximate surface area is 98.0 Å². The molecule has 7 nitrogen and oxygen atoms in total. The molecule has 8 heteroatoms. The standard InChI is InChI=1S/C9H11N3O4S/c1-11-8(13)9(14)12-17(15,16)7-4-2-6(10)3-5-7/h2-5H,10H2,1H3,(H,11,13)(H,12,14). The van der Waals surface area contributed by atoms with Crippen molar-refractivity contribution < 1.29 is 18.0 Å². The van der Waals surface area contributed by atoms with E-state index in [1.54, 1.807) is 4.72 Å². The van der Waals surface area contributed by atoms with Crippen LogP contribution < -0.4 is 15.8 Å². The van der Waals surface area contributed by atoms with Crippen LogP contribution in [0.4, 0.5) is 5.69 Å². The minimum absolute atomic E-state index is 0.149. The molecular formula is C9H11N3O4S. The number of nitrogens with two attached hydrogens (primary N) is 1. The van der Waals surface area contributed by atoms with Crippen molar-refractivity contribution >= 4 is 27.5 Å². The van der Waals surface area contributed by atoms with Crippen LogP contribution in [0.25, 0.3) is 0 Å². The molecule has 0 radical (unpaired) electrons. The van der Waals surface area contributed by atoms with Gasteiger partial charge < -0.3 is 11.1 Å². The van der Waals surface area contributed by atoms with Crippen LogP contribution in [0, 0.1) is 0 Å². The lowest BCUT2D eigenvalue weighted by Gasteiger charge is -2.05. The molecule has 1 rings (SSSR count). The van der Waals surface area contributed by atoms with Gasteiger partial charge in [0.15, 0.2) is 0 Å². The van der Waals surface area contributed by atoms with Gasteiger partial charge in [-0.1, -0.05) is 0 Å². The van der Waals surface area contributed by atoms with Crippen molar-refractivity contribution in [3.05, 3.63) is 24.3 Å². The van der Waals surface area contributed by atoms with Gasteiger partial charge in [0.25, 0.3) is 10.0 Å². The van der Waals surface area contributed by atoms with Gasteiger partial charge in [-0.25, -0.2) is 13.1 Å². The molecule has 4 N–H and O–H groups in total. The number of nitrogens with one attached hydrogen (secondary N) is 2. The fraction of sp³-hybridized carbons (Fsp3) is 0.111. The Balaban J connectivity index is 2.93. The molecule has 92 valence electrons. The second-order valence-corrected chi connectivity index (χ2v) is 4.77. The molecule has 0 saturated carbocycles. The molecule has 1 aromatic rings. The number of anilines is 1. The molecule has 0 aliphatic carbocycles. The minimum Gasteiger partial charge on any atom is -0.399 e. The predicted molar refractivity (Wildman–Crippen MR) is 60.2 cm³/mol. The van der Waals surface area contributed by atoms with Crippen LogP contribution in [0.15, 0.2) is 29.2 Å². The van der Waals surface area contributed by atoms with Crippen LogP contribution in [0.1, 0.15) is 0 Å². The summed E-state index contributed by atoms with van der Waals surface area (Å²) in [6.45, 7) is 0. The minimum atomic E-state index is -4.05. The Morgan fingerprint density at radius 1 is 1.12 bits per heavy atom. The molecule has 17 heavy (non-hydrogen) atoms. The summed E-state index contributed by atoms with van der Waals surface area (Å²) in [5.74, 6) is -2.28. The molecular weight excluding hydrogens is 246 g/mol. The van der Waals surface area contributed by atoms with Gasteiger partial charge in [0.1, 0.15) is 0 Å². The topological polar surface area (TPSA) is 118 Å². The highest BCUT2D eigenvalue weighted by molar-refractivity contribution is 7.90. The maximum atomic E-state index is 11.6. The zero-order valence-corrected chi connectivity index (χ0v) is 9.74. The number of hydrogen-bond acceptors (Lipinski definition) is 5. The number of amides is 2. The lowest BCUT2D eigenvalue weighted by molar-refractivity contribution is -0.137.